The fraction of sp³-hybridized carbons (Fsp3) is 0.750. The fourth-order valence-electron chi connectivity index (χ4n) is 2.56. The predicted molar refractivity (Wildman–Crippen MR) is 66.1 cm³/mol. The molecule has 0 bridgehead atoms. The van der Waals surface area contributed by atoms with Crippen LogP contribution in [0.3, 0.4) is 0 Å². The number of rotatable bonds is 8. The molecule has 0 saturated heterocycles. The number of hydrogen-bond acceptors (Lipinski definition) is 5. The van der Waals surface area contributed by atoms with Crippen molar-refractivity contribution >= 4 is 17.9 Å². The van der Waals surface area contributed by atoms with Gasteiger partial charge in [0, 0.05) is 0 Å². The van der Waals surface area contributed by atoms with Crippen molar-refractivity contribution in [1.29, 1.82) is 0 Å². The van der Waals surface area contributed by atoms with Crippen molar-refractivity contribution in [2.75, 3.05) is 0 Å². The Kier molecular flexibility index (Phi) is 5.28. The average Bonchev–Trinajstić information content (AvgIpc) is 2.38. The van der Waals surface area contributed by atoms with E-state index in [9.17, 15) is 34.8 Å². The summed E-state index contributed by atoms with van der Waals surface area (Å²) in [7, 11) is 0. The normalized spacial score (nSPS) is 17.9. The van der Waals surface area contributed by atoms with Crippen LogP contribution in [-0.4, -0.2) is 54.6 Å². The zero-order valence-corrected chi connectivity index (χ0v) is 11.6. The average molecular weight is 292 g/mol. The minimum Gasteiger partial charge on any atom is -0.481 e. The van der Waals surface area contributed by atoms with Gasteiger partial charge in [0.15, 0.2) is 0 Å². The molecule has 0 aromatic heterocycles. The predicted octanol–water partition coefficient (Wildman–Crippen LogP) is -0.0812. The van der Waals surface area contributed by atoms with Gasteiger partial charge >= 0.3 is 17.9 Å². The van der Waals surface area contributed by atoms with Gasteiger partial charge in [0.1, 0.15) is 5.41 Å². The molecule has 0 saturated carbocycles. The Balaban J connectivity index is 6.56. The first kappa shape index (κ1) is 18.3. The van der Waals surface area contributed by atoms with Gasteiger partial charge in [-0.05, 0) is 19.3 Å². The van der Waals surface area contributed by atoms with E-state index >= 15 is 0 Å². The zero-order chi connectivity index (χ0) is 16.4. The Labute approximate surface area is 115 Å². The summed E-state index contributed by atoms with van der Waals surface area (Å²) >= 11 is 0. The largest absolute Gasteiger partial charge is 0.481 e. The quantitative estimate of drug-likeness (QED) is 0.416. The monoisotopic (exact) mass is 292 g/mol. The van der Waals surface area contributed by atoms with E-state index in [0.717, 1.165) is 6.92 Å². The minimum atomic E-state index is -3.37. The molecule has 0 radical (unpaired) electrons. The highest BCUT2D eigenvalue weighted by Crippen LogP contribution is 2.47. The molecule has 0 heterocycles. The van der Waals surface area contributed by atoms with E-state index in [2.05, 4.69) is 0 Å². The third-order valence-electron chi connectivity index (χ3n) is 4.08. The summed E-state index contributed by atoms with van der Waals surface area (Å²) in [5.74, 6) is -5.76. The van der Waals surface area contributed by atoms with Crippen molar-refractivity contribution in [3.63, 3.8) is 0 Å². The van der Waals surface area contributed by atoms with E-state index in [0.29, 0.717) is 0 Å². The van der Waals surface area contributed by atoms with Crippen LogP contribution in [0, 0.1) is 5.41 Å². The molecule has 2 atom stereocenters. The maximum absolute atomic E-state index is 11.5. The molecule has 116 valence electrons. The number of aliphatic carboxylic acids is 3. The Bertz CT molecular complexity index is 414. The number of carbonyl (C=O) groups is 3. The van der Waals surface area contributed by atoms with Crippen molar-refractivity contribution in [1.82, 2.24) is 0 Å². The van der Waals surface area contributed by atoms with Crippen LogP contribution in [0.5, 0.6) is 0 Å². The topological polar surface area (TPSA) is 152 Å². The lowest BCUT2D eigenvalue weighted by molar-refractivity contribution is -0.240. The lowest BCUT2D eigenvalue weighted by atomic mass is 9.59. The number of aliphatic hydroxyl groups is 2. The molecule has 0 aromatic carbocycles. The van der Waals surface area contributed by atoms with Gasteiger partial charge in [-0.15, -0.1) is 0 Å². The molecule has 0 aromatic rings. The Morgan fingerprint density at radius 3 is 1.30 bits per heavy atom. The fourth-order valence-corrected chi connectivity index (χ4v) is 2.56. The minimum absolute atomic E-state index is 0.364. The Hall–Kier alpha value is -1.67. The van der Waals surface area contributed by atoms with Crippen molar-refractivity contribution in [2.24, 2.45) is 5.41 Å². The number of carboxylic acid groups (broad SMARTS) is 3. The molecule has 5 N–H and O–H groups in total. The SMILES string of the molecule is CCC(CC)(C(=O)O)[C@](O)(C(=O)O)[C@@](O)(CC)C(=O)O. The van der Waals surface area contributed by atoms with Crippen LogP contribution >= 0.6 is 0 Å². The molecule has 20 heavy (non-hydrogen) atoms. The second-order valence-electron chi connectivity index (χ2n) is 4.63. The first-order chi connectivity index (χ1) is 9.01. The van der Waals surface area contributed by atoms with Crippen molar-refractivity contribution < 1.29 is 39.9 Å². The van der Waals surface area contributed by atoms with E-state index in [-0.39, 0.29) is 12.8 Å². The van der Waals surface area contributed by atoms with E-state index in [1.807, 2.05) is 0 Å². The lowest BCUT2D eigenvalue weighted by Gasteiger charge is -2.47. The summed E-state index contributed by atoms with van der Waals surface area (Å²) in [6.07, 6.45) is -1.39. The van der Waals surface area contributed by atoms with Crippen molar-refractivity contribution in [3.05, 3.63) is 0 Å². The molecular weight excluding hydrogens is 272 g/mol. The highest BCUT2D eigenvalue weighted by atomic mass is 16.5. The van der Waals surface area contributed by atoms with Gasteiger partial charge in [-0.1, -0.05) is 20.8 Å². The van der Waals surface area contributed by atoms with Gasteiger partial charge in [-0.2, -0.15) is 0 Å². The first-order valence-electron chi connectivity index (χ1n) is 6.16. The molecule has 0 amide bonds. The standard InChI is InChI=1S/C12H20O8/c1-4-10(5-2,7(13)14)12(20,9(17)18)11(19,6-3)8(15)16/h19-20H,4-6H2,1-3H3,(H,13,14)(H,15,16)(H,17,18)/t11-,12-/m1/s1. The van der Waals surface area contributed by atoms with Crippen LogP contribution < -0.4 is 0 Å². The molecule has 0 unspecified atom stereocenters. The summed E-state index contributed by atoms with van der Waals surface area (Å²) in [5, 5.41) is 48.3. The van der Waals surface area contributed by atoms with Gasteiger partial charge in [-0.3, -0.25) is 4.79 Å². The highest BCUT2D eigenvalue weighted by Gasteiger charge is 2.71. The summed E-state index contributed by atoms with van der Waals surface area (Å²) < 4.78 is 0. The van der Waals surface area contributed by atoms with Gasteiger partial charge < -0.3 is 25.5 Å². The van der Waals surface area contributed by atoms with E-state index in [1.54, 1.807) is 0 Å². The lowest BCUT2D eigenvalue weighted by Crippen LogP contribution is -2.73. The number of hydrogen-bond donors (Lipinski definition) is 5. The Morgan fingerprint density at radius 2 is 1.15 bits per heavy atom. The molecule has 0 spiro atoms. The molecule has 0 fully saturated rings. The van der Waals surface area contributed by atoms with Gasteiger partial charge in [0.05, 0.1) is 0 Å². The summed E-state index contributed by atoms with van der Waals surface area (Å²) in [6.45, 7) is 3.77. The van der Waals surface area contributed by atoms with Gasteiger partial charge in [0.25, 0.3) is 0 Å². The molecule has 8 heteroatoms. The smallest absolute Gasteiger partial charge is 0.340 e. The third-order valence-corrected chi connectivity index (χ3v) is 4.08. The molecule has 0 rings (SSSR count). The maximum atomic E-state index is 11.5. The van der Waals surface area contributed by atoms with Crippen LogP contribution in [-0.2, 0) is 14.4 Å². The van der Waals surface area contributed by atoms with Crippen LogP contribution in [0.4, 0.5) is 0 Å². The zero-order valence-electron chi connectivity index (χ0n) is 11.6. The van der Waals surface area contributed by atoms with Crippen LogP contribution in [0.25, 0.3) is 0 Å². The van der Waals surface area contributed by atoms with Crippen molar-refractivity contribution in [2.45, 2.75) is 51.2 Å². The molecule has 0 aliphatic carbocycles. The second kappa shape index (κ2) is 5.76. The van der Waals surface area contributed by atoms with Crippen LogP contribution in [0.15, 0.2) is 0 Å². The van der Waals surface area contributed by atoms with Gasteiger partial charge in [0.2, 0.25) is 11.2 Å². The molecule has 0 aliphatic heterocycles. The van der Waals surface area contributed by atoms with Gasteiger partial charge in [-0.25, -0.2) is 9.59 Å². The van der Waals surface area contributed by atoms with E-state index < -0.39 is 40.9 Å². The summed E-state index contributed by atoms with van der Waals surface area (Å²) in [6, 6.07) is 0. The van der Waals surface area contributed by atoms with E-state index in [1.165, 1.54) is 13.8 Å². The molecule has 8 nitrogen and oxygen atoms in total. The van der Waals surface area contributed by atoms with Crippen LogP contribution in [0.1, 0.15) is 40.0 Å². The summed E-state index contributed by atoms with van der Waals surface area (Å²) in [4.78, 5) is 34.2. The second-order valence-corrected chi connectivity index (χ2v) is 4.63. The van der Waals surface area contributed by atoms with Crippen molar-refractivity contribution in [3.8, 4) is 0 Å². The third kappa shape index (κ3) is 2.04. The highest BCUT2D eigenvalue weighted by molar-refractivity contribution is 5.96. The maximum Gasteiger partial charge on any atom is 0.340 e. The number of carboxylic acids is 3. The molecule has 0 aliphatic rings. The van der Waals surface area contributed by atoms with E-state index in [4.69, 9.17) is 5.11 Å². The molecular formula is C12H20O8. The van der Waals surface area contributed by atoms with Crippen LogP contribution in [0.2, 0.25) is 0 Å². The Morgan fingerprint density at radius 1 is 0.750 bits per heavy atom. The first-order valence-corrected chi connectivity index (χ1v) is 6.16. The summed E-state index contributed by atoms with van der Waals surface area (Å²) in [5.41, 5.74) is -8.82.